The average molecular weight is 235 g/mol. The van der Waals surface area contributed by atoms with Crippen LogP contribution in [0, 0.1) is 5.82 Å². The first kappa shape index (κ1) is 10.8. The SMILES string of the molecule is O=C(Cl)c1ccccc1-c1ccccc1F. The zero-order chi connectivity index (χ0) is 11.5. The molecule has 2 rings (SSSR count). The molecule has 0 bridgehead atoms. The van der Waals surface area contributed by atoms with Crippen molar-refractivity contribution >= 4 is 16.8 Å². The van der Waals surface area contributed by atoms with E-state index in [0.717, 1.165) is 0 Å². The Hall–Kier alpha value is -1.67. The topological polar surface area (TPSA) is 17.1 Å². The van der Waals surface area contributed by atoms with Gasteiger partial charge in [0, 0.05) is 11.1 Å². The fourth-order valence-corrected chi connectivity index (χ4v) is 1.73. The first-order valence-corrected chi connectivity index (χ1v) is 5.11. The summed E-state index contributed by atoms with van der Waals surface area (Å²) >= 11 is 5.45. The highest BCUT2D eigenvalue weighted by molar-refractivity contribution is 6.68. The highest BCUT2D eigenvalue weighted by atomic mass is 35.5. The van der Waals surface area contributed by atoms with Crippen molar-refractivity contribution < 1.29 is 9.18 Å². The Morgan fingerprint density at radius 2 is 1.50 bits per heavy atom. The highest BCUT2D eigenvalue weighted by Gasteiger charge is 2.12. The molecule has 0 heterocycles. The van der Waals surface area contributed by atoms with Crippen molar-refractivity contribution in [2.45, 2.75) is 0 Å². The van der Waals surface area contributed by atoms with E-state index in [2.05, 4.69) is 0 Å². The Labute approximate surface area is 97.5 Å². The average Bonchev–Trinajstić information content (AvgIpc) is 2.29. The van der Waals surface area contributed by atoms with Gasteiger partial charge < -0.3 is 0 Å². The number of halogens is 2. The van der Waals surface area contributed by atoms with Crippen LogP contribution < -0.4 is 0 Å². The zero-order valence-electron chi connectivity index (χ0n) is 8.28. The lowest BCUT2D eigenvalue weighted by Gasteiger charge is -2.06. The fraction of sp³-hybridized carbons (Fsp3) is 0. The van der Waals surface area contributed by atoms with E-state index in [1.807, 2.05) is 0 Å². The van der Waals surface area contributed by atoms with Gasteiger partial charge in [0.25, 0.3) is 5.24 Å². The summed E-state index contributed by atoms with van der Waals surface area (Å²) in [7, 11) is 0. The van der Waals surface area contributed by atoms with Crippen LogP contribution in [0.15, 0.2) is 48.5 Å². The second kappa shape index (κ2) is 4.45. The summed E-state index contributed by atoms with van der Waals surface area (Å²) < 4.78 is 13.6. The molecule has 3 heteroatoms. The van der Waals surface area contributed by atoms with Gasteiger partial charge in [-0.3, -0.25) is 4.79 Å². The Balaban J connectivity index is 2.65. The van der Waals surface area contributed by atoms with E-state index in [4.69, 9.17) is 11.6 Å². The third-order valence-electron chi connectivity index (χ3n) is 2.30. The molecule has 0 aliphatic carbocycles. The summed E-state index contributed by atoms with van der Waals surface area (Å²) in [6.45, 7) is 0. The van der Waals surface area contributed by atoms with Crippen LogP contribution in [0.25, 0.3) is 11.1 Å². The summed E-state index contributed by atoms with van der Waals surface area (Å²) in [6.07, 6.45) is 0. The normalized spacial score (nSPS) is 10.1. The molecule has 1 nitrogen and oxygen atoms in total. The minimum Gasteiger partial charge on any atom is -0.276 e. The molecule has 0 unspecified atom stereocenters. The molecular formula is C13H8ClFO. The first-order valence-electron chi connectivity index (χ1n) is 4.74. The van der Waals surface area contributed by atoms with Crippen LogP contribution in [0.1, 0.15) is 10.4 Å². The van der Waals surface area contributed by atoms with Crippen molar-refractivity contribution in [2.24, 2.45) is 0 Å². The standard InChI is InChI=1S/C13H8ClFO/c14-13(16)11-7-2-1-5-9(11)10-6-3-4-8-12(10)15/h1-8H. The van der Waals surface area contributed by atoms with Crippen LogP contribution in [0.2, 0.25) is 0 Å². The summed E-state index contributed by atoms with van der Waals surface area (Å²) in [4.78, 5) is 11.2. The number of carbonyl (C=O) groups is 1. The van der Waals surface area contributed by atoms with Crippen LogP contribution >= 0.6 is 11.6 Å². The van der Waals surface area contributed by atoms with Gasteiger partial charge in [-0.1, -0.05) is 36.4 Å². The van der Waals surface area contributed by atoms with Crippen molar-refractivity contribution in [2.75, 3.05) is 0 Å². The number of carbonyl (C=O) groups excluding carboxylic acids is 1. The Morgan fingerprint density at radius 3 is 2.12 bits per heavy atom. The Bertz CT molecular complexity index is 537. The van der Waals surface area contributed by atoms with Crippen LogP contribution in [-0.4, -0.2) is 5.24 Å². The molecule has 0 radical (unpaired) electrons. The van der Waals surface area contributed by atoms with E-state index in [1.54, 1.807) is 42.5 Å². The quantitative estimate of drug-likeness (QED) is 0.721. The largest absolute Gasteiger partial charge is 0.276 e. The fourth-order valence-electron chi connectivity index (χ4n) is 1.57. The minimum atomic E-state index is -0.584. The highest BCUT2D eigenvalue weighted by Crippen LogP contribution is 2.26. The Kier molecular flexibility index (Phi) is 3.02. The maximum absolute atomic E-state index is 13.6. The Morgan fingerprint density at radius 1 is 0.938 bits per heavy atom. The maximum atomic E-state index is 13.6. The van der Waals surface area contributed by atoms with Crippen LogP contribution in [0.3, 0.4) is 0 Å². The third kappa shape index (κ3) is 1.97. The van der Waals surface area contributed by atoms with Crippen molar-refractivity contribution in [3.8, 4) is 11.1 Å². The van der Waals surface area contributed by atoms with Gasteiger partial charge in [-0.15, -0.1) is 0 Å². The van der Waals surface area contributed by atoms with Gasteiger partial charge >= 0.3 is 0 Å². The first-order chi connectivity index (χ1) is 7.70. The molecule has 80 valence electrons. The van der Waals surface area contributed by atoms with Gasteiger partial charge in [0.15, 0.2) is 0 Å². The molecule has 0 aromatic heterocycles. The number of hydrogen-bond donors (Lipinski definition) is 0. The summed E-state index contributed by atoms with van der Waals surface area (Å²) in [6, 6.07) is 13.0. The van der Waals surface area contributed by atoms with Crippen molar-refractivity contribution in [1.29, 1.82) is 0 Å². The lowest BCUT2D eigenvalue weighted by atomic mass is 10.00. The summed E-state index contributed by atoms with van der Waals surface area (Å²) in [5.41, 5.74) is 1.21. The molecular weight excluding hydrogens is 227 g/mol. The minimum absolute atomic E-state index is 0.314. The molecule has 0 fully saturated rings. The van der Waals surface area contributed by atoms with Gasteiger partial charge in [-0.05, 0) is 29.3 Å². The van der Waals surface area contributed by atoms with E-state index in [9.17, 15) is 9.18 Å². The molecule has 0 aliphatic rings. The van der Waals surface area contributed by atoms with E-state index in [0.29, 0.717) is 16.7 Å². The predicted octanol–water partition coefficient (Wildman–Crippen LogP) is 3.87. The van der Waals surface area contributed by atoms with Gasteiger partial charge in [0.1, 0.15) is 5.82 Å². The monoisotopic (exact) mass is 234 g/mol. The molecule has 0 N–H and O–H groups in total. The van der Waals surface area contributed by atoms with Crippen molar-refractivity contribution in [3.63, 3.8) is 0 Å². The second-order valence-electron chi connectivity index (χ2n) is 3.30. The van der Waals surface area contributed by atoms with Crippen LogP contribution in [0.5, 0.6) is 0 Å². The molecule has 16 heavy (non-hydrogen) atoms. The number of hydrogen-bond acceptors (Lipinski definition) is 1. The van der Waals surface area contributed by atoms with Crippen molar-refractivity contribution in [3.05, 3.63) is 59.9 Å². The summed E-state index contributed by atoms with van der Waals surface area (Å²) in [5.74, 6) is -0.368. The molecule has 0 aliphatic heterocycles. The van der Waals surface area contributed by atoms with Gasteiger partial charge in [0.2, 0.25) is 0 Å². The smallest absolute Gasteiger partial charge is 0.253 e. The predicted molar refractivity (Wildman–Crippen MR) is 62.0 cm³/mol. The number of rotatable bonds is 2. The third-order valence-corrected chi connectivity index (χ3v) is 2.51. The second-order valence-corrected chi connectivity index (χ2v) is 3.64. The van der Waals surface area contributed by atoms with E-state index in [-0.39, 0.29) is 5.82 Å². The van der Waals surface area contributed by atoms with Gasteiger partial charge in [-0.2, -0.15) is 0 Å². The van der Waals surface area contributed by atoms with Crippen LogP contribution in [0.4, 0.5) is 4.39 Å². The molecule has 0 amide bonds. The molecule has 0 spiro atoms. The molecule has 2 aromatic carbocycles. The maximum Gasteiger partial charge on any atom is 0.253 e. The molecule has 0 saturated carbocycles. The molecule has 0 saturated heterocycles. The van der Waals surface area contributed by atoms with E-state index < -0.39 is 5.24 Å². The van der Waals surface area contributed by atoms with Gasteiger partial charge in [-0.25, -0.2) is 4.39 Å². The van der Waals surface area contributed by atoms with E-state index in [1.165, 1.54) is 6.07 Å². The van der Waals surface area contributed by atoms with E-state index >= 15 is 0 Å². The van der Waals surface area contributed by atoms with Gasteiger partial charge in [0.05, 0.1) is 0 Å². The zero-order valence-corrected chi connectivity index (χ0v) is 9.04. The summed E-state index contributed by atoms with van der Waals surface area (Å²) in [5, 5.41) is -0.584. The van der Waals surface area contributed by atoms with Crippen LogP contribution in [-0.2, 0) is 0 Å². The van der Waals surface area contributed by atoms with Crippen molar-refractivity contribution in [1.82, 2.24) is 0 Å². The molecule has 2 aromatic rings. The lowest BCUT2D eigenvalue weighted by molar-refractivity contribution is 0.108. The number of benzene rings is 2. The molecule has 0 atom stereocenters. The lowest BCUT2D eigenvalue weighted by Crippen LogP contribution is -1.94.